The van der Waals surface area contributed by atoms with Crippen LogP contribution in [0.5, 0.6) is 0 Å². The highest BCUT2D eigenvalue weighted by Gasteiger charge is 2.37. The third kappa shape index (κ3) is 3.19. The summed E-state index contributed by atoms with van der Waals surface area (Å²) in [5.74, 6) is -1.21. The Balaban J connectivity index is 1.91. The van der Waals surface area contributed by atoms with Crippen LogP contribution in [-0.4, -0.2) is 45.9 Å². The Morgan fingerprint density at radius 2 is 2.13 bits per heavy atom. The van der Waals surface area contributed by atoms with Crippen molar-refractivity contribution in [2.24, 2.45) is 0 Å². The zero-order valence-corrected chi connectivity index (χ0v) is 12.9. The number of carboxylic acid groups (broad SMARTS) is 1. The second kappa shape index (κ2) is 6.00. The Morgan fingerprint density at radius 1 is 1.39 bits per heavy atom. The molecule has 0 saturated carbocycles. The lowest BCUT2D eigenvalue weighted by molar-refractivity contribution is -0.139. The summed E-state index contributed by atoms with van der Waals surface area (Å²) in [6.07, 6.45) is 2.53. The van der Waals surface area contributed by atoms with E-state index in [1.807, 2.05) is 13.0 Å². The summed E-state index contributed by atoms with van der Waals surface area (Å²) in [4.78, 5) is 24.0. The molecular weight excluding hydrogens is 298 g/mol. The van der Waals surface area contributed by atoms with Crippen molar-refractivity contribution in [1.82, 2.24) is 15.5 Å². The van der Waals surface area contributed by atoms with Crippen LogP contribution in [0.1, 0.15) is 35.2 Å². The molecule has 1 aliphatic heterocycles. The Hall–Kier alpha value is -2.41. The molecule has 7 nitrogen and oxygen atoms in total. The number of ether oxygens (including phenoxy) is 1. The van der Waals surface area contributed by atoms with Gasteiger partial charge in [0.2, 0.25) is 0 Å². The van der Waals surface area contributed by atoms with Crippen molar-refractivity contribution in [3.8, 4) is 0 Å². The molecule has 1 amide bonds. The fraction of sp³-hybridized carbons (Fsp3) is 0.438. The highest BCUT2D eigenvalue weighted by atomic mass is 16.5. The highest BCUT2D eigenvalue weighted by Crippen LogP contribution is 2.26. The molecule has 0 radical (unpaired) electrons. The average molecular weight is 317 g/mol. The number of aliphatic carboxylic acids is 1. The molecule has 1 aliphatic rings. The quantitative estimate of drug-likeness (QED) is 0.795. The minimum atomic E-state index is -0.928. The maximum atomic E-state index is 12.8. The Morgan fingerprint density at radius 3 is 2.83 bits per heavy atom. The average Bonchev–Trinajstić information content (AvgIpc) is 2.94. The van der Waals surface area contributed by atoms with Crippen molar-refractivity contribution in [2.75, 3.05) is 13.2 Å². The monoisotopic (exact) mass is 317 g/mol. The van der Waals surface area contributed by atoms with E-state index in [1.165, 1.54) is 0 Å². The highest BCUT2D eigenvalue weighted by molar-refractivity contribution is 6.06. The number of fused-ring (bicyclic) bond motifs is 1. The van der Waals surface area contributed by atoms with E-state index < -0.39 is 11.5 Å². The van der Waals surface area contributed by atoms with Gasteiger partial charge < -0.3 is 15.2 Å². The molecule has 1 saturated heterocycles. The number of H-pyrrole nitrogens is 1. The molecule has 0 spiro atoms. The zero-order valence-electron chi connectivity index (χ0n) is 12.9. The summed E-state index contributed by atoms with van der Waals surface area (Å²) in [6.45, 7) is 2.80. The van der Waals surface area contributed by atoms with E-state index in [2.05, 4.69) is 15.5 Å². The molecule has 2 aromatic rings. The number of benzene rings is 1. The molecule has 3 N–H and O–H groups in total. The first kappa shape index (κ1) is 15.5. The number of nitrogens with one attached hydrogen (secondary N) is 2. The molecule has 7 heteroatoms. The van der Waals surface area contributed by atoms with Gasteiger partial charge >= 0.3 is 5.97 Å². The van der Waals surface area contributed by atoms with Gasteiger partial charge in [0.25, 0.3) is 5.91 Å². The second-order valence-electron chi connectivity index (χ2n) is 6.06. The number of carbonyl (C=O) groups excluding carboxylic acids is 1. The minimum Gasteiger partial charge on any atom is -0.481 e. The van der Waals surface area contributed by atoms with Gasteiger partial charge in [-0.15, -0.1) is 0 Å². The molecule has 1 aromatic heterocycles. The molecular formula is C16H19N3O4. The predicted octanol–water partition coefficient (Wildman–Crippen LogP) is 1.63. The summed E-state index contributed by atoms with van der Waals surface area (Å²) in [5, 5.41) is 19.8. The maximum Gasteiger partial charge on any atom is 0.305 e. The number of nitrogens with zero attached hydrogens (tertiary/aromatic N) is 1. The van der Waals surface area contributed by atoms with Crippen LogP contribution in [0.25, 0.3) is 10.9 Å². The third-order valence-electron chi connectivity index (χ3n) is 4.26. The van der Waals surface area contributed by atoms with Crippen molar-refractivity contribution in [3.63, 3.8) is 0 Å². The van der Waals surface area contributed by atoms with Gasteiger partial charge in [0.05, 0.1) is 29.2 Å². The standard InChI is InChI=1S/C16H19N3O4/c1-10-6-11-9-17-19-14(11)12(7-10)15(22)18-16(8-13(20)21)2-4-23-5-3-16/h6-7,9H,2-5,8H2,1H3,(H,17,19)(H,18,22)(H,20,21). The summed E-state index contributed by atoms with van der Waals surface area (Å²) < 4.78 is 5.31. The topological polar surface area (TPSA) is 104 Å². The van der Waals surface area contributed by atoms with Gasteiger partial charge in [-0.2, -0.15) is 5.10 Å². The summed E-state index contributed by atoms with van der Waals surface area (Å²) in [5.41, 5.74) is 1.32. The van der Waals surface area contributed by atoms with Gasteiger partial charge in [0.15, 0.2) is 0 Å². The molecule has 0 bridgehead atoms. The Kier molecular flexibility index (Phi) is 4.04. The van der Waals surface area contributed by atoms with Gasteiger partial charge in [0.1, 0.15) is 0 Å². The molecule has 122 valence electrons. The Labute approximate surface area is 133 Å². The molecule has 0 unspecified atom stereocenters. The number of amides is 1. The lowest BCUT2D eigenvalue weighted by Gasteiger charge is -2.36. The number of hydrogen-bond acceptors (Lipinski definition) is 4. The van der Waals surface area contributed by atoms with E-state index >= 15 is 0 Å². The molecule has 0 aliphatic carbocycles. The van der Waals surface area contributed by atoms with Crippen molar-refractivity contribution >= 4 is 22.8 Å². The molecule has 0 atom stereocenters. The summed E-state index contributed by atoms with van der Waals surface area (Å²) in [6, 6.07) is 3.72. The fourth-order valence-electron chi connectivity index (χ4n) is 3.09. The first-order chi connectivity index (χ1) is 11.0. The van der Waals surface area contributed by atoms with Crippen LogP contribution in [0, 0.1) is 6.92 Å². The number of aromatic nitrogens is 2. The van der Waals surface area contributed by atoms with E-state index in [-0.39, 0.29) is 12.3 Å². The van der Waals surface area contributed by atoms with Gasteiger partial charge in [-0.3, -0.25) is 14.7 Å². The molecule has 3 rings (SSSR count). The number of rotatable bonds is 4. The predicted molar refractivity (Wildman–Crippen MR) is 83.3 cm³/mol. The Bertz CT molecular complexity index is 747. The van der Waals surface area contributed by atoms with E-state index in [4.69, 9.17) is 4.74 Å². The van der Waals surface area contributed by atoms with E-state index in [1.54, 1.807) is 12.3 Å². The lowest BCUT2D eigenvalue weighted by atomic mass is 9.86. The number of hydrogen-bond donors (Lipinski definition) is 3. The number of aryl methyl sites for hydroxylation is 1. The zero-order chi connectivity index (χ0) is 16.4. The minimum absolute atomic E-state index is 0.111. The van der Waals surface area contributed by atoms with Crippen LogP contribution >= 0.6 is 0 Å². The van der Waals surface area contributed by atoms with E-state index in [0.29, 0.717) is 37.1 Å². The number of aromatic amines is 1. The smallest absolute Gasteiger partial charge is 0.305 e. The van der Waals surface area contributed by atoms with Crippen molar-refractivity contribution in [2.45, 2.75) is 31.7 Å². The van der Waals surface area contributed by atoms with Crippen LogP contribution in [0.3, 0.4) is 0 Å². The SMILES string of the molecule is Cc1cc(C(=O)NC2(CC(=O)O)CCOCC2)c2[nH]ncc2c1. The lowest BCUT2D eigenvalue weighted by Crippen LogP contribution is -2.53. The van der Waals surface area contributed by atoms with Crippen LogP contribution in [-0.2, 0) is 9.53 Å². The normalized spacial score (nSPS) is 17.1. The third-order valence-corrected chi connectivity index (χ3v) is 4.26. The maximum absolute atomic E-state index is 12.8. The van der Waals surface area contributed by atoms with E-state index in [9.17, 15) is 14.7 Å². The molecule has 2 heterocycles. The van der Waals surface area contributed by atoms with Gasteiger partial charge in [-0.25, -0.2) is 0 Å². The summed E-state index contributed by atoms with van der Waals surface area (Å²) >= 11 is 0. The second-order valence-corrected chi connectivity index (χ2v) is 6.06. The molecule has 23 heavy (non-hydrogen) atoms. The van der Waals surface area contributed by atoms with Crippen LogP contribution in [0.2, 0.25) is 0 Å². The fourth-order valence-corrected chi connectivity index (χ4v) is 3.09. The first-order valence-corrected chi connectivity index (χ1v) is 7.55. The molecule has 1 fully saturated rings. The van der Waals surface area contributed by atoms with E-state index in [0.717, 1.165) is 10.9 Å². The largest absolute Gasteiger partial charge is 0.481 e. The van der Waals surface area contributed by atoms with Crippen LogP contribution in [0.15, 0.2) is 18.3 Å². The van der Waals surface area contributed by atoms with Gasteiger partial charge in [-0.05, 0) is 37.5 Å². The summed E-state index contributed by atoms with van der Waals surface area (Å²) in [7, 11) is 0. The van der Waals surface area contributed by atoms with Gasteiger partial charge in [0, 0.05) is 18.6 Å². The van der Waals surface area contributed by atoms with Crippen LogP contribution in [0.4, 0.5) is 0 Å². The first-order valence-electron chi connectivity index (χ1n) is 7.55. The molecule has 1 aromatic carbocycles. The van der Waals surface area contributed by atoms with Crippen molar-refractivity contribution in [3.05, 3.63) is 29.5 Å². The van der Waals surface area contributed by atoms with Crippen molar-refractivity contribution < 1.29 is 19.4 Å². The van der Waals surface area contributed by atoms with Crippen LogP contribution < -0.4 is 5.32 Å². The number of carboxylic acids is 1. The number of carbonyl (C=O) groups is 2. The van der Waals surface area contributed by atoms with Crippen molar-refractivity contribution in [1.29, 1.82) is 0 Å². The van der Waals surface area contributed by atoms with Gasteiger partial charge in [-0.1, -0.05) is 0 Å².